The number of esters is 1. The van der Waals surface area contributed by atoms with Gasteiger partial charge in [0.05, 0.1) is 17.0 Å². The number of carbonyl (C=O) groups excluding carboxylic acids is 3. The Hall–Kier alpha value is -4.15. The van der Waals surface area contributed by atoms with Crippen molar-refractivity contribution in [3.05, 3.63) is 70.3 Å². The zero-order valence-corrected chi connectivity index (χ0v) is 16.3. The highest BCUT2D eigenvalue weighted by Crippen LogP contribution is 2.19. The van der Waals surface area contributed by atoms with Gasteiger partial charge in [0.2, 0.25) is 0 Å². The molecule has 1 heterocycles. The summed E-state index contributed by atoms with van der Waals surface area (Å²) < 4.78 is 10.1. The van der Waals surface area contributed by atoms with E-state index in [1.165, 1.54) is 24.3 Å². The number of amides is 1. The number of nitrogens with zero attached hydrogens (tertiary/aromatic N) is 2. The molecule has 2 aromatic rings. The predicted molar refractivity (Wildman–Crippen MR) is 105 cm³/mol. The summed E-state index contributed by atoms with van der Waals surface area (Å²) in [6.07, 6.45) is -0.917. The van der Waals surface area contributed by atoms with Crippen LogP contribution in [-0.2, 0) is 30.5 Å². The summed E-state index contributed by atoms with van der Waals surface area (Å²) >= 11 is 0. The van der Waals surface area contributed by atoms with Gasteiger partial charge in [0.25, 0.3) is 5.69 Å². The van der Waals surface area contributed by atoms with Crippen molar-refractivity contribution in [2.75, 3.05) is 12.2 Å². The molecular formula is C20H19N3O8. The molecule has 0 aliphatic carbocycles. The first kappa shape index (κ1) is 21.6. The molecule has 1 amide bonds. The van der Waals surface area contributed by atoms with Gasteiger partial charge < -0.3 is 14.3 Å². The van der Waals surface area contributed by atoms with Crippen LogP contribution in [0.1, 0.15) is 18.4 Å². The number of carbonyl (C=O) groups is 3. The molecule has 1 aliphatic rings. The van der Waals surface area contributed by atoms with Crippen LogP contribution < -0.4 is 5.48 Å². The molecule has 1 atom stereocenters. The summed E-state index contributed by atoms with van der Waals surface area (Å²) in [6.45, 7) is -0.217. The number of hydrogen-bond acceptors (Lipinski definition) is 9. The SMILES string of the molecule is O=C(CC[C@@H]1C(=O)OCN1C(=O)OCc1ccccc1)ONc1ccc([N+](=O)[O-])cc1. The number of benzene rings is 2. The molecule has 11 heteroatoms. The second-order valence-electron chi connectivity index (χ2n) is 6.54. The fourth-order valence-electron chi connectivity index (χ4n) is 2.78. The van der Waals surface area contributed by atoms with E-state index < -0.39 is 29.0 Å². The van der Waals surface area contributed by atoms with E-state index in [0.717, 1.165) is 10.5 Å². The van der Waals surface area contributed by atoms with Crippen LogP contribution in [0.3, 0.4) is 0 Å². The summed E-state index contributed by atoms with van der Waals surface area (Å²) in [7, 11) is 0. The normalized spacial score (nSPS) is 15.2. The Kier molecular flexibility index (Phi) is 6.99. The maximum absolute atomic E-state index is 12.3. The fourth-order valence-corrected chi connectivity index (χ4v) is 2.78. The molecule has 3 rings (SSSR count). The molecule has 1 fully saturated rings. The lowest BCUT2D eigenvalue weighted by Crippen LogP contribution is -2.38. The van der Waals surface area contributed by atoms with Crippen LogP contribution >= 0.6 is 0 Å². The number of anilines is 1. The van der Waals surface area contributed by atoms with E-state index >= 15 is 0 Å². The number of cyclic esters (lactones) is 1. The monoisotopic (exact) mass is 429 g/mol. The molecule has 2 aromatic carbocycles. The third-order valence-electron chi connectivity index (χ3n) is 4.42. The minimum Gasteiger partial charge on any atom is -0.444 e. The van der Waals surface area contributed by atoms with E-state index in [-0.39, 0.29) is 31.9 Å². The standard InChI is InChI=1S/C20H19N3O8/c24-18(31-21-15-6-8-16(9-7-15)23(27)28)11-10-17-19(25)30-13-22(17)20(26)29-12-14-4-2-1-3-5-14/h1-9,17,21H,10-13H2/t17-/m1/s1. The Morgan fingerprint density at radius 3 is 2.55 bits per heavy atom. The third-order valence-corrected chi connectivity index (χ3v) is 4.42. The van der Waals surface area contributed by atoms with E-state index in [1.54, 1.807) is 12.1 Å². The van der Waals surface area contributed by atoms with Crippen LogP contribution in [-0.4, -0.2) is 40.6 Å². The molecule has 0 aromatic heterocycles. The van der Waals surface area contributed by atoms with Crippen LogP contribution in [0.2, 0.25) is 0 Å². The average molecular weight is 429 g/mol. The number of nitro groups is 1. The summed E-state index contributed by atoms with van der Waals surface area (Å²) in [5.74, 6) is -1.32. The highest BCUT2D eigenvalue weighted by Gasteiger charge is 2.39. The highest BCUT2D eigenvalue weighted by molar-refractivity contribution is 5.84. The number of nitro benzene ring substituents is 1. The summed E-state index contributed by atoms with van der Waals surface area (Å²) in [5, 5.41) is 10.6. The fraction of sp³-hybridized carbons (Fsp3) is 0.250. The first-order chi connectivity index (χ1) is 14.9. The molecule has 1 saturated heterocycles. The van der Waals surface area contributed by atoms with Crippen LogP contribution in [0.25, 0.3) is 0 Å². The molecule has 31 heavy (non-hydrogen) atoms. The Bertz CT molecular complexity index is 949. The van der Waals surface area contributed by atoms with E-state index in [1.807, 2.05) is 18.2 Å². The summed E-state index contributed by atoms with van der Waals surface area (Å²) in [6, 6.07) is 13.4. The lowest BCUT2D eigenvalue weighted by Gasteiger charge is -2.19. The minimum absolute atomic E-state index is 0.0138. The van der Waals surface area contributed by atoms with Crippen molar-refractivity contribution in [1.82, 2.24) is 4.90 Å². The van der Waals surface area contributed by atoms with Crippen molar-refractivity contribution in [1.29, 1.82) is 0 Å². The summed E-state index contributed by atoms with van der Waals surface area (Å²) in [4.78, 5) is 52.3. The van der Waals surface area contributed by atoms with Gasteiger partial charge in [-0.2, -0.15) is 0 Å². The smallest absolute Gasteiger partial charge is 0.413 e. The lowest BCUT2D eigenvalue weighted by molar-refractivity contribution is -0.384. The van der Waals surface area contributed by atoms with Crippen molar-refractivity contribution in [3.63, 3.8) is 0 Å². The lowest BCUT2D eigenvalue weighted by atomic mass is 10.1. The minimum atomic E-state index is -0.963. The van der Waals surface area contributed by atoms with E-state index in [4.69, 9.17) is 14.3 Å². The van der Waals surface area contributed by atoms with Crippen LogP contribution in [0.15, 0.2) is 54.6 Å². The van der Waals surface area contributed by atoms with Crippen molar-refractivity contribution < 1.29 is 33.6 Å². The van der Waals surface area contributed by atoms with Gasteiger partial charge in [-0.3, -0.25) is 15.0 Å². The summed E-state index contributed by atoms with van der Waals surface area (Å²) in [5.41, 5.74) is 3.40. The van der Waals surface area contributed by atoms with Crippen molar-refractivity contribution in [2.45, 2.75) is 25.5 Å². The zero-order valence-electron chi connectivity index (χ0n) is 16.3. The Morgan fingerprint density at radius 2 is 1.87 bits per heavy atom. The number of rotatable bonds is 8. The quantitative estimate of drug-likeness (QED) is 0.290. The largest absolute Gasteiger partial charge is 0.444 e. The van der Waals surface area contributed by atoms with E-state index in [0.29, 0.717) is 5.69 Å². The van der Waals surface area contributed by atoms with E-state index in [2.05, 4.69) is 5.48 Å². The van der Waals surface area contributed by atoms with Crippen molar-refractivity contribution in [2.24, 2.45) is 0 Å². The van der Waals surface area contributed by atoms with Gasteiger partial charge >= 0.3 is 18.0 Å². The van der Waals surface area contributed by atoms with Gasteiger partial charge in [0.15, 0.2) is 6.73 Å². The zero-order chi connectivity index (χ0) is 22.2. The van der Waals surface area contributed by atoms with Gasteiger partial charge in [0.1, 0.15) is 12.6 Å². The van der Waals surface area contributed by atoms with Gasteiger partial charge in [-0.1, -0.05) is 30.3 Å². The van der Waals surface area contributed by atoms with Gasteiger partial charge in [-0.15, -0.1) is 0 Å². The third kappa shape index (κ3) is 5.92. The first-order valence-electron chi connectivity index (χ1n) is 9.28. The number of nitrogens with one attached hydrogen (secondary N) is 1. The van der Waals surface area contributed by atoms with E-state index in [9.17, 15) is 24.5 Å². The molecule has 162 valence electrons. The molecule has 0 unspecified atom stereocenters. The van der Waals surface area contributed by atoms with Gasteiger partial charge in [0, 0.05) is 12.1 Å². The Balaban J connectivity index is 1.45. The number of ether oxygens (including phenoxy) is 2. The molecule has 0 saturated carbocycles. The molecule has 11 nitrogen and oxygen atoms in total. The molecule has 1 N–H and O–H groups in total. The van der Waals surface area contributed by atoms with Gasteiger partial charge in [-0.25, -0.2) is 19.9 Å². The highest BCUT2D eigenvalue weighted by atomic mass is 16.7. The van der Waals surface area contributed by atoms with Crippen molar-refractivity contribution in [3.8, 4) is 0 Å². The molecule has 0 spiro atoms. The molecular weight excluding hydrogens is 410 g/mol. The Labute approximate surface area is 176 Å². The Morgan fingerprint density at radius 1 is 1.16 bits per heavy atom. The first-order valence-corrected chi connectivity index (χ1v) is 9.28. The second kappa shape index (κ2) is 10.1. The van der Waals surface area contributed by atoms with Crippen molar-refractivity contribution >= 4 is 29.4 Å². The average Bonchev–Trinajstić information content (AvgIpc) is 3.16. The number of non-ortho nitro benzene ring substituents is 1. The second-order valence-corrected chi connectivity index (χ2v) is 6.54. The van der Waals surface area contributed by atoms with Gasteiger partial charge in [-0.05, 0) is 24.1 Å². The predicted octanol–water partition coefficient (Wildman–Crippen LogP) is 2.77. The van der Waals surface area contributed by atoms with Crippen LogP contribution in [0.5, 0.6) is 0 Å². The molecule has 1 aliphatic heterocycles. The van der Waals surface area contributed by atoms with Crippen LogP contribution in [0.4, 0.5) is 16.2 Å². The van der Waals surface area contributed by atoms with Crippen LogP contribution in [0, 0.1) is 10.1 Å². The maximum atomic E-state index is 12.3. The molecule has 0 radical (unpaired) electrons. The molecule has 0 bridgehead atoms. The number of hydrogen-bond donors (Lipinski definition) is 1. The topological polar surface area (TPSA) is 137 Å². The maximum Gasteiger partial charge on any atom is 0.413 e.